The molecule has 3 amide bonds. The van der Waals surface area contributed by atoms with Crippen LogP contribution in [0.4, 0.5) is 21.0 Å². The molecule has 11 heteroatoms. The number of anilines is 2. The lowest BCUT2D eigenvalue weighted by atomic mass is 10.2. The molecule has 1 aromatic carbocycles. The fourth-order valence-corrected chi connectivity index (χ4v) is 4.07. The number of hydrogen-bond acceptors (Lipinski definition) is 6. The number of carboxylic acid groups (broad SMARTS) is 1. The van der Waals surface area contributed by atoms with Gasteiger partial charge in [-0.1, -0.05) is 22.9 Å². The zero-order chi connectivity index (χ0) is 18.9. The highest BCUT2D eigenvalue weighted by Crippen LogP contribution is 2.58. The first-order chi connectivity index (χ1) is 12.3. The number of aromatic nitrogens is 1. The third kappa shape index (κ3) is 3.10. The lowest BCUT2D eigenvalue weighted by Gasteiger charge is -2.46. The summed E-state index contributed by atoms with van der Waals surface area (Å²) < 4.78 is 27.2. The molecule has 138 valence electrons. The number of benzene rings is 1. The molecule has 0 bridgehead atoms. The van der Waals surface area contributed by atoms with Crippen molar-refractivity contribution in [2.24, 2.45) is 0 Å². The zero-order valence-corrected chi connectivity index (χ0v) is 14.4. The number of para-hydroxylation sites is 1. The number of nitrogens with zero attached hydrogens (tertiary/aromatic N) is 2. The molecule has 26 heavy (non-hydrogen) atoms. The summed E-state index contributed by atoms with van der Waals surface area (Å²) in [5, 5.41) is 13.5. The van der Waals surface area contributed by atoms with Gasteiger partial charge in [0.25, 0.3) is 0 Å². The van der Waals surface area contributed by atoms with E-state index in [2.05, 4.69) is 15.6 Å². The van der Waals surface area contributed by atoms with Gasteiger partial charge < -0.3 is 20.5 Å². The molecule has 0 fully saturated rings. The van der Waals surface area contributed by atoms with Crippen LogP contribution in [0, 0.1) is 0 Å². The van der Waals surface area contributed by atoms with Gasteiger partial charge in [-0.05, 0) is 18.2 Å². The third-order valence-electron chi connectivity index (χ3n) is 3.63. The Kier molecular flexibility index (Phi) is 4.59. The van der Waals surface area contributed by atoms with E-state index in [4.69, 9.17) is 9.84 Å². The highest BCUT2D eigenvalue weighted by Gasteiger charge is 2.38. The van der Waals surface area contributed by atoms with Crippen molar-refractivity contribution in [2.75, 3.05) is 16.7 Å². The Hall–Kier alpha value is -3.02. The summed E-state index contributed by atoms with van der Waals surface area (Å²) in [5.41, 5.74) is 0.720. The molecule has 10 nitrogen and oxygen atoms in total. The number of urea groups is 1. The number of amides is 3. The Morgan fingerprint density at radius 3 is 2.81 bits per heavy atom. The van der Waals surface area contributed by atoms with Gasteiger partial charge in [0.2, 0.25) is 5.88 Å². The summed E-state index contributed by atoms with van der Waals surface area (Å²) >= 11 is 0. The topological polar surface area (TPSA) is 144 Å². The van der Waals surface area contributed by atoms with Gasteiger partial charge in [-0.3, -0.25) is 9.11 Å². The van der Waals surface area contributed by atoms with Crippen LogP contribution in [-0.4, -0.2) is 38.4 Å². The molecule has 0 unspecified atom stereocenters. The van der Waals surface area contributed by atoms with Crippen LogP contribution >= 0.6 is 10.8 Å². The molecule has 2 heterocycles. The number of rotatable bonds is 4. The molecule has 2 aromatic rings. The smallest absolute Gasteiger partial charge is 0.404 e. The maximum atomic E-state index is 12.5. The standard InChI is InChI=1S/C15H16N4O6S/c1-25-13-9(7-17-15(21)22)6-10(8-16-13)19-14(20)18-11-4-2-3-5-12(11)26(19,23)24/h2-6,8,17,23-24H,7H2,1H3,(H,18,20)(H,21,22). The van der Waals surface area contributed by atoms with Crippen molar-refractivity contribution in [3.63, 3.8) is 0 Å². The van der Waals surface area contributed by atoms with Gasteiger partial charge in [-0.25, -0.2) is 14.6 Å². The van der Waals surface area contributed by atoms with Crippen LogP contribution in [0.2, 0.25) is 0 Å². The maximum absolute atomic E-state index is 12.5. The second kappa shape index (κ2) is 6.71. The molecule has 1 aromatic heterocycles. The summed E-state index contributed by atoms with van der Waals surface area (Å²) in [6.07, 6.45) is -0.00321. The normalized spacial score (nSPS) is 16.3. The SMILES string of the molecule is COc1ncc(N2C(=O)Nc3ccccc3S2(O)O)cc1CNC(=O)O. The van der Waals surface area contributed by atoms with Gasteiger partial charge in [0, 0.05) is 5.56 Å². The second-order valence-corrected chi connectivity index (χ2v) is 7.10. The monoisotopic (exact) mass is 380 g/mol. The number of fused-ring (bicyclic) bond motifs is 1. The van der Waals surface area contributed by atoms with Crippen molar-refractivity contribution in [1.82, 2.24) is 10.3 Å². The molecule has 0 saturated heterocycles. The van der Waals surface area contributed by atoms with Gasteiger partial charge >= 0.3 is 12.1 Å². The van der Waals surface area contributed by atoms with E-state index in [-0.39, 0.29) is 23.0 Å². The van der Waals surface area contributed by atoms with E-state index in [1.54, 1.807) is 18.2 Å². The average Bonchev–Trinajstić information content (AvgIpc) is 2.59. The average molecular weight is 380 g/mol. The van der Waals surface area contributed by atoms with E-state index in [1.165, 1.54) is 25.4 Å². The molecule has 1 aliphatic heterocycles. The number of hydrogen-bond donors (Lipinski definition) is 5. The van der Waals surface area contributed by atoms with Gasteiger partial charge in [0.15, 0.2) is 0 Å². The van der Waals surface area contributed by atoms with Crippen LogP contribution in [0.5, 0.6) is 5.88 Å². The fourth-order valence-electron chi connectivity index (χ4n) is 2.53. The number of carbonyl (C=O) groups excluding carboxylic acids is 1. The largest absolute Gasteiger partial charge is 0.481 e. The lowest BCUT2D eigenvalue weighted by Crippen LogP contribution is -2.41. The second-order valence-electron chi connectivity index (χ2n) is 5.26. The van der Waals surface area contributed by atoms with E-state index < -0.39 is 22.9 Å². The summed E-state index contributed by atoms with van der Waals surface area (Å²) in [5.74, 6) is 0.150. The van der Waals surface area contributed by atoms with Crippen LogP contribution in [0.1, 0.15) is 5.56 Å². The summed E-state index contributed by atoms with van der Waals surface area (Å²) in [4.78, 5) is 27.4. The van der Waals surface area contributed by atoms with Gasteiger partial charge in [-0.2, -0.15) is 4.31 Å². The molecular weight excluding hydrogens is 364 g/mol. The molecular formula is C15H16N4O6S. The van der Waals surface area contributed by atoms with E-state index in [1.807, 2.05) is 0 Å². The quantitative estimate of drug-likeness (QED) is 0.548. The van der Waals surface area contributed by atoms with Crippen LogP contribution in [0.15, 0.2) is 41.4 Å². The van der Waals surface area contributed by atoms with Crippen molar-refractivity contribution < 1.29 is 28.5 Å². The van der Waals surface area contributed by atoms with Crippen molar-refractivity contribution >= 4 is 34.3 Å². The van der Waals surface area contributed by atoms with Crippen LogP contribution in [-0.2, 0) is 6.54 Å². The number of methoxy groups -OCH3 is 1. The first kappa shape index (κ1) is 17.8. The highest BCUT2D eigenvalue weighted by atomic mass is 32.3. The maximum Gasteiger partial charge on any atom is 0.404 e. The number of ether oxygens (including phenoxy) is 1. The Labute approximate surface area is 149 Å². The van der Waals surface area contributed by atoms with Crippen LogP contribution in [0.3, 0.4) is 0 Å². The summed E-state index contributed by atoms with van der Waals surface area (Å²) in [7, 11) is -2.28. The molecule has 0 spiro atoms. The molecule has 0 saturated carbocycles. The van der Waals surface area contributed by atoms with Gasteiger partial charge in [0.05, 0.1) is 31.2 Å². The summed E-state index contributed by atoms with van der Waals surface area (Å²) in [6.45, 7) is -0.134. The first-order valence-electron chi connectivity index (χ1n) is 7.33. The Morgan fingerprint density at radius 1 is 1.38 bits per heavy atom. The number of carbonyl (C=O) groups is 2. The van der Waals surface area contributed by atoms with Crippen LogP contribution < -0.4 is 19.7 Å². The third-order valence-corrected chi connectivity index (χ3v) is 5.46. The van der Waals surface area contributed by atoms with Gasteiger partial charge in [-0.15, -0.1) is 0 Å². The molecule has 0 radical (unpaired) electrons. The Balaban J connectivity index is 2.04. The molecule has 0 atom stereocenters. The minimum absolute atomic E-state index is 0.0833. The Bertz CT molecular complexity index is 875. The van der Waals surface area contributed by atoms with E-state index in [0.29, 0.717) is 11.3 Å². The first-order valence-corrected chi connectivity index (χ1v) is 8.83. The van der Waals surface area contributed by atoms with Crippen molar-refractivity contribution in [1.29, 1.82) is 0 Å². The molecule has 3 rings (SSSR count). The highest BCUT2D eigenvalue weighted by molar-refractivity contribution is 8.26. The molecule has 1 aliphatic rings. The van der Waals surface area contributed by atoms with Crippen molar-refractivity contribution in [3.05, 3.63) is 42.1 Å². The number of pyridine rings is 1. The predicted molar refractivity (Wildman–Crippen MR) is 94.7 cm³/mol. The van der Waals surface area contributed by atoms with E-state index in [0.717, 1.165) is 4.31 Å². The van der Waals surface area contributed by atoms with Crippen molar-refractivity contribution in [2.45, 2.75) is 11.4 Å². The molecule has 0 aliphatic carbocycles. The van der Waals surface area contributed by atoms with E-state index >= 15 is 0 Å². The van der Waals surface area contributed by atoms with E-state index in [9.17, 15) is 18.7 Å². The predicted octanol–water partition coefficient (Wildman–Crippen LogP) is 2.93. The Morgan fingerprint density at radius 2 is 2.12 bits per heavy atom. The summed E-state index contributed by atoms with van der Waals surface area (Å²) in [6, 6.07) is 7.01. The zero-order valence-electron chi connectivity index (χ0n) is 13.5. The fraction of sp³-hybridized carbons (Fsp3) is 0.133. The van der Waals surface area contributed by atoms with Crippen LogP contribution in [0.25, 0.3) is 0 Å². The lowest BCUT2D eigenvalue weighted by molar-refractivity contribution is 0.193. The minimum atomic E-state index is -3.65. The van der Waals surface area contributed by atoms with Gasteiger partial charge in [0.1, 0.15) is 4.90 Å². The minimum Gasteiger partial charge on any atom is -0.481 e. The molecule has 5 N–H and O–H groups in total. The van der Waals surface area contributed by atoms with Crippen molar-refractivity contribution in [3.8, 4) is 5.88 Å². The number of nitrogens with one attached hydrogen (secondary N) is 2.